The lowest BCUT2D eigenvalue weighted by Crippen LogP contribution is -2.22. The van der Waals surface area contributed by atoms with Gasteiger partial charge in [0.25, 0.3) is 0 Å². The average molecular weight is 323 g/mol. The second-order valence-corrected chi connectivity index (χ2v) is 5.20. The molecule has 0 radical (unpaired) electrons. The van der Waals surface area contributed by atoms with Crippen molar-refractivity contribution in [3.8, 4) is 0 Å². The van der Waals surface area contributed by atoms with Gasteiger partial charge in [0.05, 0.1) is 12.2 Å². The first-order chi connectivity index (χ1) is 9.13. The van der Waals surface area contributed by atoms with E-state index in [-0.39, 0.29) is 11.9 Å². The lowest BCUT2D eigenvalue weighted by molar-refractivity contribution is 0.595. The van der Waals surface area contributed by atoms with Gasteiger partial charge < -0.3 is 5.32 Å². The Kier molecular flexibility index (Phi) is 4.66. The second-order valence-electron chi connectivity index (χ2n) is 4.41. The molecule has 1 atom stereocenters. The Bertz CT molecular complexity index is 572. The normalized spacial score (nSPS) is 12.4. The number of aryl methyl sites for hydroxylation is 1. The maximum absolute atomic E-state index is 13.4. The number of pyridine rings is 1. The second kappa shape index (κ2) is 6.26. The Hall–Kier alpha value is -1.26. The topological polar surface area (TPSA) is 24.9 Å². The number of nitrogens with zero attached hydrogens (tertiary/aromatic N) is 1. The van der Waals surface area contributed by atoms with Crippen LogP contribution in [0.4, 0.5) is 4.39 Å². The van der Waals surface area contributed by atoms with E-state index in [1.165, 1.54) is 12.3 Å². The molecule has 2 aromatic rings. The maximum atomic E-state index is 13.4. The summed E-state index contributed by atoms with van der Waals surface area (Å²) in [6.45, 7) is 4.87. The average Bonchev–Trinajstić information content (AvgIpc) is 2.40. The number of halogens is 2. The van der Waals surface area contributed by atoms with Crippen molar-refractivity contribution in [2.24, 2.45) is 0 Å². The van der Waals surface area contributed by atoms with E-state index in [9.17, 15) is 4.39 Å². The van der Waals surface area contributed by atoms with Gasteiger partial charge in [-0.25, -0.2) is 4.39 Å². The van der Waals surface area contributed by atoms with Crippen LogP contribution in [0.25, 0.3) is 0 Å². The summed E-state index contributed by atoms with van der Waals surface area (Å²) in [4.78, 5) is 3.93. The highest BCUT2D eigenvalue weighted by atomic mass is 79.9. The van der Waals surface area contributed by atoms with Gasteiger partial charge in [-0.2, -0.15) is 0 Å². The van der Waals surface area contributed by atoms with Gasteiger partial charge in [-0.3, -0.25) is 4.98 Å². The summed E-state index contributed by atoms with van der Waals surface area (Å²) in [5.74, 6) is -0.316. The highest BCUT2D eigenvalue weighted by molar-refractivity contribution is 9.10. The summed E-state index contributed by atoms with van der Waals surface area (Å²) in [6, 6.07) is 7.54. The zero-order valence-electron chi connectivity index (χ0n) is 11.0. The van der Waals surface area contributed by atoms with E-state index in [0.29, 0.717) is 0 Å². The molecule has 0 aliphatic carbocycles. The van der Waals surface area contributed by atoms with Crippen molar-refractivity contribution in [1.29, 1.82) is 0 Å². The molecule has 100 valence electrons. The lowest BCUT2D eigenvalue weighted by Gasteiger charge is -2.20. The van der Waals surface area contributed by atoms with Gasteiger partial charge in [0, 0.05) is 10.7 Å². The summed E-state index contributed by atoms with van der Waals surface area (Å²) in [7, 11) is 0. The molecular weight excluding hydrogens is 307 g/mol. The summed E-state index contributed by atoms with van der Waals surface area (Å²) in [5, 5.41) is 3.37. The van der Waals surface area contributed by atoms with Gasteiger partial charge >= 0.3 is 0 Å². The van der Waals surface area contributed by atoms with Crippen LogP contribution in [-0.4, -0.2) is 11.5 Å². The molecule has 4 heteroatoms. The molecule has 0 bridgehead atoms. The summed E-state index contributed by atoms with van der Waals surface area (Å²) in [6.07, 6.45) is 2.92. The highest BCUT2D eigenvalue weighted by Crippen LogP contribution is 2.30. The zero-order valence-corrected chi connectivity index (χ0v) is 12.5. The fourth-order valence-electron chi connectivity index (χ4n) is 2.09. The predicted molar refractivity (Wildman–Crippen MR) is 78.6 cm³/mol. The molecule has 0 saturated carbocycles. The first-order valence-electron chi connectivity index (χ1n) is 6.22. The summed E-state index contributed by atoms with van der Waals surface area (Å²) in [5.41, 5.74) is 3.08. The highest BCUT2D eigenvalue weighted by Gasteiger charge is 2.17. The third kappa shape index (κ3) is 3.19. The van der Waals surface area contributed by atoms with Crippen molar-refractivity contribution in [3.05, 3.63) is 63.6 Å². The first kappa shape index (κ1) is 14.2. The van der Waals surface area contributed by atoms with Gasteiger partial charge in [-0.1, -0.05) is 41.1 Å². The smallest absolute Gasteiger partial charge is 0.141 e. The maximum Gasteiger partial charge on any atom is 0.141 e. The molecule has 19 heavy (non-hydrogen) atoms. The molecule has 0 aliphatic rings. The minimum absolute atomic E-state index is 0.0672. The first-order valence-corrected chi connectivity index (χ1v) is 7.01. The van der Waals surface area contributed by atoms with Crippen LogP contribution in [0.3, 0.4) is 0 Å². The third-order valence-corrected chi connectivity index (χ3v) is 4.08. The molecule has 1 aromatic carbocycles. The molecule has 0 amide bonds. The Labute approximate surface area is 121 Å². The van der Waals surface area contributed by atoms with Gasteiger partial charge in [-0.15, -0.1) is 0 Å². The molecule has 1 aromatic heterocycles. The van der Waals surface area contributed by atoms with E-state index in [1.54, 1.807) is 6.20 Å². The monoisotopic (exact) mass is 322 g/mol. The Morgan fingerprint density at radius 2 is 2.16 bits per heavy atom. The number of nitrogens with one attached hydrogen (secondary N) is 1. The van der Waals surface area contributed by atoms with Crippen LogP contribution in [0, 0.1) is 12.7 Å². The molecule has 0 fully saturated rings. The van der Waals surface area contributed by atoms with Gasteiger partial charge in [0.15, 0.2) is 0 Å². The van der Waals surface area contributed by atoms with E-state index in [0.717, 1.165) is 27.7 Å². The predicted octanol–water partition coefficient (Wildman–Crippen LogP) is 3.99. The molecule has 1 N–H and O–H groups in total. The lowest BCUT2D eigenvalue weighted by atomic mass is 9.98. The summed E-state index contributed by atoms with van der Waals surface area (Å²) >= 11 is 3.61. The standard InChI is InChI=1S/C15H16BrFN2/c1-3-19-15(11-7-12(17)9-18-8-11)13-6-4-5-10(2)14(13)16/h4-9,15,19H,3H2,1-2H3. The molecule has 0 saturated heterocycles. The van der Waals surface area contributed by atoms with Crippen molar-refractivity contribution in [3.63, 3.8) is 0 Å². The number of aromatic nitrogens is 1. The largest absolute Gasteiger partial charge is 0.306 e. The number of benzene rings is 1. The van der Waals surface area contributed by atoms with Crippen LogP contribution in [0.2, 0.25) is 0 Å². The molecule has 2 nitrogen and oxygen atoms in total. The van der Waals surface area contributed by atoms with E-state index < -0.39 is 0 Å². The molecule has 0 spiro atoms. The molecule has 0 aliphatic heterocycles. The quantitative estimate of drug-likeness (QED) is 0.920. The van der Waals surface area contributed by atoms with Gasteiger partial charge in [0.1, 0.15) is 5.82 Å². The fraction of sp³-hybridized carbons (Fsp3) is 0.267. The minimum atomic E-state index is -0.316. The number of rotatable bonds is 4. The van der Waals surface area contributed by atoms with Crippen LogP contribution in [-0.2, 0) is 0 Å². The van der Waals surface area contributed by atoms with Crippen molar-refractivity contribution in [2.45, 2.75) is 19.9 Å². The van der Waals surface area contributed by atoms with E-state index >= 15 is 0 Å². The number of hydrogen-bond donors (Lipinski definition) is 1. The molecule has 1 unspecified atom stereocenters. The molecular formula is C15H16BrFN2. The van der Waals surface area contributed by atoms with Crippen LogP contribution >= 0.6 is 15.9 Å². The van der Waals surface area contributed by atoms with E-state index in [1.807, 2.05) is 32.0 Å². The Morgan fingerprint density at radius 1 is 1.37 bits per heavy atom. The van der Waals surface area contributed by atoms with Gasteiger partial charge in [-0.05, 0) is 36.2 Å². The Balaban J connectivity index is 2.48. The third-order valence-electron chi connectivity index (χ3n) is 3.00. The van der Waals surface area contributed by atoms with Crippen LogP contribution in [0.5, 0.6) is 0 Å². The van der Waals surface area contributed by atoms with Crippen LogP contribution in [0.1, 0.15) is 29.7 Å². The molecule has 1 heterocycles. The SMILES string of the molecule is CCNC(c1cncc(F)c1)c1cccc(C)c1Br. The van der Waals surface area contributed by atoms with Crippen molar-refractivity contribution in [2.75, 3.05) is 6.54 Å². The van der Waals surface area contributed by atoms with Crippen molar-refractivity contribution in [1.82, 2.24) is 10.3 Å². The van der Waals surface area contributed by atoms with E-state index in [2.05, 4.69) is 26.2 Å². The van der Waals surface area contributed by atoms with Gasteiger partial charge in [0.2, 0.25) is 0 Å². The van der Waals surface area contributed by atoms with Crippen molar-refractivity contribution < 1.29 is 4.39 Å². The summed E-state index contributed by atoms with van der Waals surface area (Å²) < 4.78 is 14.4. The van der Waals surface area contributed by atoms with E-state index in [4.69, 9.17) is 0 Å². The number of hydrogen-bond acceptors (Lipinski definition) is 2. The molecule has 2 rings (SSSR count). The van der Waals surface area contributed by atoms with Crippen LogP contribution in [0.15, 0.2) is 41.1 Å². The minimum Gasteiger partial charge on any atom is -0.306 e. The Morgan fingerprint density at radius 3 is 2.84 bits per heavy atom. The van der Waals surface area contributed by atoms with Crippen LogP contribution < -0.4 is 5.32 Å². The fourth-order valence-corrected chi connectivity index (χ4v) is 2.58. The zero-order chi connectivity index (χ0) is 13.8. The van der Waals surface area contributed by atoms with Crippen molar-refractivity contribution >= 4 is 15.9 Å².